The van der Waals surface area contributed by atoms with Crippen LogP contribution in [0.1, 0.15) is 12.5 Å². The molecule has 0 aliphatic heterocycles. The van der Waals surface area contributed by atoms with Crippen LogP contribution in [0.3, 0.4) is 0 Å². The van der Waals surface area contributed by atoms with Crippen molar-refractivity contribution in [3.05, 3.63) is 140 Å². The molecule has 5 aromatic carbocycles. The summed E-state index contributed by atoms with van der Waals surface area (Å²) in [6.07, 6.45) is 4.06. The minimum absolute atomic E-state index is 1.03. The molecule has 0 fully saturated rings. The van der Waals surface area contributed by atoms with E-state index in [1.807, 2.05) is 37.3 Å². The Morgan fingerprint density at radius 3 is 1.68 bits per heavy atom. The van der Waals surface area contributed by atoms with Crippen molar-refractivity contribution in [1.82, 2.24) is 0 Å². The molecule has 164 valence electrons. The maximum atomic E-state index is 4.15. The Labute approximate surface area is 201 Å². The number of para-hydroxylation sites is 1. The molecule has 0 radical (unpaired) electrons. The lowest BCUT2D eigenvalue weighted by atomic mass is 9.92. The van der Waals surface area contributed by atoms with Crippen molar-refractivity contribution in [2.24, 2.45) is 0 Å². The summed E-state index contributed by atoms with van der Waals surface area (Å²) in [7, 11) is 0. The molecule has 0 spiro atoms. The highest BCUT2D eigenvalue weighted by atomic mass is 14.9. The van der Waals surface area contributed by atoms with Gasteiger partial charge in [0.2, 0.25) is 0 Å². The molecule has 1 N–H and O–H groups in total. The van der Waals surface area contributed by atoms with Crippen LogP contribution in [0.2, 0.25) is 0 Å². The van der Waals surface area contributed by atoms with Gasteiger partial charge in [-0.3, -0.25) is 0 Å². The van der Waals surface area contributed by atoms with Crippen LogP contribution >= 0.6 is 0 Å². The summed E-state index contributed by atoms with van der Waals surface area (Å²) >= 11 is 0. The molecule has 5 rings (SSSR count). The third-order valence-electron chi connectivity index (χ3n) is 6.11. The molecule has 0 bridgehead atoms. The Morgan fingerprint density at radius 2 is 1.12 bits per heavy atom. The van der Waals surface area contributed by atoms with Crippen LogP contribution in [-0.2, 0) is 0 Å². The molecule has 0 aliphatic carbocycles. The summed E-state index contributed by atoms with van der Waals surface area (Å²) in [5.41, 5.74) is 9.24. The second-order valence-electron chi connectivity index (χ2n) is 8.38. The second-order valence-corrected chi connectivity index (χ2v) is 8.38. The molecular formula is C33H27N. The van der Waals surface area contributed by atoms with Crippen LogP contribution in [0.5, 0.6) is 0 Å². The molecule has 0 heterocycles. The van der Waals surface area contributed by atoms with Gasteiger partial charge in [0.1, 0.15) is 0 Å². The number of hydrogen-bond donors (Lipinski definition) is 1. The zero-order chi connectivity index (χ0) is 23.3. The minimum atomic E-state index is 1.03. The Hall–Kier alpha value is -4.36. The number of benzene rings is 5. The van der Waals surface area contributed by atoms with Gasteiger partial charge >= 0.3 is 0 Å². The van der Waals surface area contributed by atoms with Gasteiger partial charge in [-0.25, -0.2) is 0 Å². The summed E-state index contributed by atoms with van der Waals surface area (Å²) < 4.78 is 0. The molecule has 34 heavy (non-hydrogen) atoms. The van der Waals surface area contributed by atoms with Crippen molar-refractivity contribution < 1.29 is 0 Å². The highest BCUT2D eigenvalue weighted by Gasteiger charge is 2.09. The molecule has 0 atom stereocenters. The second kappa shape index (κ2) is 9.64. The summed E-state index contributed by atoms with van der Waals surface area (Å²) in [6.45, 7) is 6.16. The highest BCUT2D eigenvalue weighted by Crippen LogP contribution is 2.35. The van der Waals surface area contributed by atoms with E-state index in [9.17, 15) is 0 Å². The number of hydrogen-bond acceptors (Lipinski definition) is 1. The standard InChI is InChI=1S/C33H27N/c1-3-9-24(2)25-16-18-26(19-17-25)30-12-7-15-33-31(13-8-14-32(30)33)27-20-22-29(23-21-27)34-28-10-5-4-6-11-28/h3-23,34H,2H2,1H3/b9-3-. The van der Waals surface area contributed by atoms with Crippen LogP contribution < -0.4 is 5.32 Å². The summed E-state index contributed by atoms with van der Waals surface area (Å²) in [4.78, 5) is 0. The maximum Gasteiger partial charge on any atom is 0.0384 e. The minimum Gasteiger partial charge on any atom is -0.356 e. The Balaban J connectivity index is 1.49. The van der Waals surface area contributed by atoms with Crippen molar-refractivity contribution in [2.45, 2.75) is 6.92 Å². The van der Waals surface area contributed by atoms with E-state index in [0.717, 1.165) is 22.5 Å². The molecule has 0 saturated heterocycles. The first-order valence-corrected chi connectivity index (χ1v) is 11.6. The molecule has 1 heteroatoms. The summed E-state index contributed by atoms with van der Waals surface area (Å²) in [5, 5.41) is 5.97. The lowest BCUT2D eigenvalue weighted by molar-refractivity contribution is 1.54. The van der Waals surface area contributed by atoms with Crippen molar-refractivity contribution in [3.63, 3.8) is 0 Å². The molecule has 5 aromatic rings. The van der Waals surface area contributed by atoms with Crippen molar-refractivity contribution in [3.8, 4) is 22.3 Å². The van der Waals surface area contributed by atoms with E-state index in [-0.39, 0.29) is 0 Å². The number of allylic oxidation sites excluding steroid dienone is 3. The van der Waals surface area contributed by atoms with Gasteiger partial charge in [-0.2, -0.15) is 0 Å². The van der Waals surface area contributed by atoms with Gasteiger partial charge in [0.15, 0.2) is 0 Å². The Kier molecular flexibility index (Phi) is 6.09. The molecule has 1 nitrogen and oxygen atoms in total. The van der Waals surface area contributed by atoms with E-state index >= 15 is 0 Å². The van der Waals surface area contributed by atoms with Gasteiger partial charge in [0.25, 0.3) is 0 Å². The molecule has 0 aromatic heterocycles. The van der Waals surface area contributed by atoms with Crippen LogP contribution in [0.4, 0.5) is 11.4 Å². The van der Waals surface area contributed by atoms with E-state index in [1.165, 1.54) is 33.0 Å². The molecular weight excluding hydrogens is 410 g/mol. The zero-order valence-corrected chi connectivity index (χ0v) is 19.3. The predicted molar refractivity (Wildman–Crippen MR) is 148 cm³/mol. The smallest absolute Gasteiger partial charge is 0.0384 e. The van der Waals surface area contributed by atoms with E-state index in [0.29, 0.717) is 0 Å². The third-order valence-corrected chi connectivity index (χ3v) is 6.11. The number of fused-ring (bicyclic) bond motifs is 1. The largest absolute Gasteiger partial charge is 0.356 e. The van der Waals surface area contributed by atoms with Gasteiger partial charge in [0, 0.05) is 11.4 Å². The normalized spacial score (nSPS) is 11.1. The van der Waals surface area contributed by atoms with Crippen molar-refractivity contribution >= 4 is 27.7 Å². The first kappa shape index (κ1) is 21.5. The quantitative estimate of drug-likeness (QED) is 0.261. The SMILES string of the molecule is C=C(/C=C\C)c1ccc(-c2cccc3c(-c4ccc(Nc5ccccc5)cc4)cccc23)cc1. The van der Waals surface area contributed by atoms with Crippen LogP contribution in [-0.4, -0.2) is 0 Å². The number of nitrogens with one attached hydrogen (secondary N) is 1. The van der Waals surface area contributed by atoms with Crippen LogP contribution in [0.25, 0.3) is 38.6 Å². The summed E-state index contributed by atoms with van der Waals surface area (Å²) in [6, 6.07) is 40.7. The fourth-order valence-corrected chi connectivity index (χ4v) is 4.40. The first-order chi connectivity index (χ1) is 16.7. The lowest BCUT2D eigenvalue weighted by Gasteiger charge is -2.13. The average molecular weight is 438 g/mol. The fourth-order valence-electron chi connectivity index (χ4n) is 4.40. The average Bonchev–Trinajstić information content (AvgIpc) is 2.89. The monoisotopic (exact) mass is 437 g/mol. The van der Waals surface area contributed by atoms with E-state index in [1.54, 1.807) is 0 Å². The third kappa shape index (κ3) is 4.42. The van der Waals surface area contributed by atoms with Crippen LogP contribution in [0.15, 0.2) is 134 Å². The number of rotatable bonds is 6. The van der Waals surface area contributed by atoms with E-state index < -0.39 is 0 Å². The first-order valence-electron chi connectivity index (χ1n) is 11.6. The van der Waals surface area contributed by atoms with Gasteiger partial charge in [-0.1, -0.05) is 110 Å². The van der Waals surface area contributed by atoms with Gasteiger partial charge in [-0.15, -0.1) is 0 Å². The highest BCUT2D eigenvalue weighted by molar-refractivity contribution is 6.04. The van der Waals surface area contributed by atoms with Crippen molar-refractivity contribution in [1.29, 1.82) is 0 Å². The van der Waals surface area contributed by atoms with E-state index in [4.69, 9.17) is 0 Å². The zero-order valence-electron chi connectivity index (χ0n) is 19.3. The molecule has 0 aliphatic rings. The van der Waals surface area contributed by atoms with E-state index in [2.05, 4.69) is 109 Å². The van der Waals surface area contributed by atoms with Crippen LogP contribution in [0, 0.1) is 0 Å². The number of anilines is 2. The Morgan fingerprint density at radius 1 is 0.588 bits per heavy atom. The lowest BCUT2D eigenvalue weighted by Crippen LogP contribution is -1.90. The fraction of sp³-hybridized carbons (Fsp3) is 0.0303. The Bertz CT molecular complexity index is 1460. The van der Waals surface area contributed by atoms with Gasteiger partial charge < -0.3 is 5.32 Å². The van der Waals surface area contributed by atoms with Crippen molar-refractivity contribution in [2.75, 3.05) is 5.32 Å². The van der Waals surface area contributed by atoms with Gasteiger partial charge in [-0.05, 0) is 75.4 Å². The molecule has 0 amide bonds. The molecule has 0 saturated carbocycles. The van der Waals surface area contributed by atoms with Gasteiger partial charge in [0.05, 0.1) is 0 Å². The molecule has 0 unspecified atom stereocenters. The maximum absolute atomic E-state index is 4.15. The topological polar surface area (TPSA) is 12.0 Å². The summed E-state index contributed by atoms with van der Waals surface area (Å²) in [5.74, 6) is 0. The predicted octanol–water partition coefficient (Wildman–Crippen LogP) is 9.51.